The van der Waals surface area contributed by atoms with E-state index in [9.17, 15) is 22.8 Å². The lowest BCUT2D eigenvalue weighted by atomic mass is 10.1. The lowest BCUT2D eigenvalue weighted by Crippen LogP contribution is -2.20. The van der Waals surface area contributed by atoms with Gasteiger partial charge in [-0.15, -0.1) is 11.8 Å². The third-order valence-corrected chi connectivity index (χ3v) is 5.42. The summed E-state index contributed by atoms with van der Waals surface area (Å²) in [6.45, 7) is 1.68. The van der Waals surface area contributed by atoms with Gasteiger partial charge in [-0.05, 0) is 37.6 Å². The van der Waals surface area contributed by atoms with Crippen molar-refractivity contribution in [1.29, 1.82) is 0 Å². The first-order valence-corrected chi connectivity index (χ1v) is 10.3. The number of benzene rings is 1. The van der Waals surface area contributed by atoms with E-state index in [2.05, 4.69) is 20.3 Å². The zero-order chi connectivity index (χ0) is 22.4. The average molecular weight is 448 g/mol. The molecule has 0 bridgehead atoms. The van der Waals surface area contributed by atoms with Crippen molar-refractivity contribution in [1.82, 2.24) is 15.0 Å². The van der Waals surface area contributed by atoms with Crippen LogP contribution in [0, 0.1) is 6.92 Å². The molecule has 0 fully saturated rings. The molecule has 0 aliphatic rings. The summed E-state index contributed by atoms with van der Waals surface area (Å²) in [6.07, 6.45) is -2.60. The van der Waals surface area contributed by atoms with E-state index >= 15 is 0 Å². The summed E-state index contributed by atoms with van der Waals surface area (Å²) in [5.41, 5.74) is 1.32. The van der Waals surface area contributed by atoms with Gasteiger partial charge in [0.15, 0.2) is 5.82 Å². The van der Waals surface area contributed by atoms with Crippen molar-refractivity contribution < 1.29 is 18.0 Å². The highest BCUT2D eigenvalue weighted by molar-refractivity contribution is 7.99. The van der Waals surface area contributed by atoms with Crippen LogP contribution in [-0.2, 0) is 11.2 Å². The SMILES string of the molecule is Cc1nc(-c2ccccn2)[nH]c(=O)c1CCC(=O)Nc1ccccc1SCC(F)(F)F. The zero-order valence-corrected chi connectivity index (χ0v) is 17.3. The van der Waals surface area contributed by atoms with Crippen LogP contribution in [0.2, 0.25) is 0 Å². The molecule has 0 unspecified atom stereocenters. The third kappa shape index (κ3) is 6.42. The van der Waals surface area contributed by atoms with Crippen LogP contribution >= 0.6 is 11.8 Å². The van der Waals surface area contributed by atoms with E-state index in [0.717, 1.165) is 0 Å². The average Bonchev–Trinajstić information content (AvgIpc) is 2.72. The van der Waals surface area contributed by atoms with Crippen molar-refractivity contribution in [2.24, 2.45) is 0 Å². The van der Waals surface area contributed by atoms with Crippen LogP contribution in [0.15, 0.2) is 58.4 Å². The number of alkyl halides is 3. The maximum absolute atomic E-state index is 12.5. The number of carbonyl (C=O) groups is 1. The fourth-order valence-corrected chi connectivity index (χ4v) is 3.60. The molecule has 1 aromatic carbocycles. The van der Waals surface area contributed by atoms with Gasteiger partial charge in [-0.3, -0.25) is 14.6 Å². The topological polar surface area (TPSA) is 87.7 Å². The maximum Gasteiger partial charge on any atom is 0.398 e. The minimum Gasteiger partial charge on any atom is -0.325 e. The molecule has 31 heavy (non-hydrogen) atoms. The third-order valence-electron chi connectivity index (χ3n) is 4.28. The quantitative estimate of drug-likeness (QED) is 0.524. The normalized spacial score (nSPS) is 11.4. The molecule has 10 heteroatoms. The molecule has 0 aliphatic carbocycles. The Hall–Kier alpha value is -3.14. The molecule has 0 atom stereocenters. The summed E-state index contributed by atoms with van der Waals surface area (Å²) in [4.78, 5) is 36.4. The number of nitrogens with one attached hydrogen (secondary N) is 2. The van der Waals surface area contributed by atoms with Gasteiger partial charge in [-0.25, -0.2) is 4.98 Å². The summed E-state index contributed by atoms with van der Waals surface area (Å²) < 4.78 is 37.5. The van der Waals surface area contributed by atoms with Gasteiger partial charge >= 0.3 is 6.18 Å². The second kappa shape index (κ2) is 9.78. The van der Waals surface area contributed by atoms with Crippen molar-refractivity contribution in [3.8, 4) is 11.5 Å². The molecule has 2 aromatic heterocycles. The lowest BCUT2D eigenvalue weighted by molar-refractivity contribution is -0.116. The Morgan fingerprint density at radius 2 is 1.90 bits per heavy atom. The Morgan fingerprint density at radius 1 is 1.16 bits per heavy atom. The van der Waals surface area contributed by atoms with Crippen molar-refractivity contribution in [3.63, 3.8) is 0 Å². The summed E-state index contributed by atoms with van der Waals surface area (Å²) in [5.74, 6) is -1.12. The van der Waals surface area contributed by atoms with E-state index in [1.54, 1.807) is 43.5 Å². The molecule has 2 heterocycles. The number of thioether (sulfide) groups is 1. The first kappa shape index (κ1) is 22.5. The Morgan fingerprint density at radius 3 is 2.58 bits per heavy atom. The molecule has 0 spiro atoms. The van der Waals surface area contributed by atoms with Crippen LogP contribution in [0.5, 0.6) is 0 Å². The molecular weight excluding hydrogens is 429 g/mol. The number of aryl methyl sites for hydroxylation is 1. The fourth-order valence-electron chi connectivity index (χ4n) is 2.84. The van der Waals surface area contributed by atoms with Gasteiger partial charge in [0, 0.05) is 28.8 Å². The Kier molecular flexibility index (Phi) is 7.11. The molecule has 1 amide bonds. The number of halogens is 3. The summed E-state index contributed by atoms with van der Waals surface area (Å²) >= 11 is 0.604. The molecule has 2 N–H and O–H groups in total. The Labute approximate surface area is 180 Å². The van der Waals surface area contributed by atoms with Gasteiger partial charge < -0.3 is 10.3 Å². The molecule has 0 aliphatic heterocycles. The molecular formula is C21H19F3N4O2S. The number of pyridine rings is 1. The largest absolute Gasteiger partial charge is 0.398 e. The highest BCUT2D eigenvalue weighted by atomic mass is 32.2. The summed E-state index contributed by atoms with van der Waals surface area (Å²) in [6, 6.07) is 11.5. The Bertz CT molecular complexity index is 1120. The number of para-hydroxylation sites is 1. The van der Waals surface area contributed by atoms with E-state index < -0.39 is 17.8 Å². The number of rotatable bonds is 7. The van der Waals surface area contributed by atoms with E-state index in [0.29, 0.717) is 45.1 Å². The molecule has 0 saturated heterocycles. The minimum atomic E-state index is -4.31. The number of hydrogen-bond acceptors (Lipinski definition) is 5. The van der Waals surface area contributed by atoms with Crippen molar-refractivity contribution in [2.75, 3.05) is 11.1 Å². The van der Waals surface area contributed by atoms with Crippen LogP contribution in [0.25, 0.3) is 11.5 Å². The van der Waals surface area contributed by atoms with E-state index in [1.165, 1.54) is 12.1 Å². The molecule has 0 saturated carbocycles. The summed E-state index contributed by atoms with van der Waals surface area (Å²) in [7, 11) is 0. The number of H-pyrrole nitrogens is 1. The van der Waals surface area contributed by atoms with Gasteiger partial charge in [-0.1, -0.05) is 18.2 Å². The van der Waals surface area contributed by atoms with Gasteiger partial charge in [-0.2, -0.15) is 13.2 Å². The van der Waals surface area contributed by atoms with Crippen LogP contribution in [0.1, 0.15) is 17.7 Å². The second-order valence-electron chi connectivity index (χ2n) is 6.64. The number of aromatic amines is 1. The van der Waals surface area contributed by atoms with Crippen LogP contribution in [0.3, 0.4) is 0 Å². The molecule has 0 radical (unpaired) electrons. The monoisotopic (exact) mass is 448 g/mol. The van der Waals surface area contributed by atoms with Gasteiger partial charge in [0.2, 0.25) is 5.91 Å². The van der Waals surface area contributed by atoms with Gasteiger partial charge in [0.1, 0.15) is 5.69 Å². The van der Waals surface area contributed by atoms with E-state index in [1.807, 2.05) is 0 Å². The number of hydrogen-bond donors (Lipinski definition) is 2. The fraction of sp³-hybridized carbons (Fsp3) is 0.238. The minimum absolute atomic E-state index is 0.0210. The molecule has 3 rings (SSSR count). The van der Waals surface area contributed by atoms with Crippen molar-refractivity contribution in [3.05, 3.63) is 70.3 Å². The van der Waals surface area contributed by atoms with Gasteiger partial charge in [0.25, 0.3) is 5.56 Å². The standard InChI is InChI=1S/C21H19F3N4O2S/c1-13-14(20(30)28-19(26-13)16-7-4-5-11-25-16)9-10-18(29)27-15-6-2-3-8-17(15)31-12-21(22,23)24/h2-8,11H,9-10,12H2,1H3,(H,27,29)(H,26,28,30). The highest BCUT2D eigenvalue weighted by Gasteiger charge is 2.27. The molecule has 3 aromatic rings. The number of carbonyl (C=O) groups excluding carboxylic acids is 1. The predicted octanol–water partition coefficient (Wildman–Crippen LogP) is 4.37. The predicted molar refractivity (Wildman–Crippen MR) is 113 cm³/mol. The number of anilines is 1. The Balaban J connectivity index is 1.66. The maximum atomic E-state index is 12.5. The first-order chi connectivity index (χ1) is 14.7. The molecule has 6 nitrogen and oxygen atoms in total. The number of aromatic nitrogens is 3. The number of nitrogens with zero attached hydrogens (tertiary/aromatic N) is 2. The van der Waals surface area contributed by atoms with E-state index in [-0.39, 0.29) is 18.4 Å². The van der Waals surface area contributed by atoms with Crippen molar-refractivity contribution >= 4 is 23.4 Å². The van der Waals surface area contributed by atoms with Crippen LogP contribution < -0.4 is 10.9 Å². The van der Waals surface area contributed by atoms with Crippen molar-refractivity contribution in [2.45, 2.75) is 30.8 Å². The zero-order valence-electron chi connectivity index (χ0n) is 16.5. The highest BCUT2D eigenvalue weighted by Crippen LogP contribution is 2.32. The lowest BCUT2D eigenvalue weighted by Gasteiger charge is -2.12. The number of amides is 1. The second-order valence-corrected chi connectivity index (χ2v) is 7.66. The van der Waals surface area contributed by atoms with Crippen LogP contribution in [0.4, 0.5) is 18.9 Å². The van der Waals surface area contributed by atoms with Crippen LogP contribution in [-0.4, -0.2) is 32.8 Å². The molecule has 162 valence electrons. The summed E-state index contributed by atoms with van der Waals surface area (Å²) in [5, 5.41) is 2.62. The first-order valence-electron chi connectivity index (χ1n) is 9.32. The smallest absolute Gasteiger partial charge is 0.325 e. The van der Waals surface area contributed by atoms with Gasteiger partial charge in [0.05, 0.1) is 11.4 Å². The van der Waals surface area contributed by atoms with E-state index in [4.69, 9.17) is 0 Å².